The molecule has 0 fully saturated rings. The van der Waals surface area contributed by atoms with Crippen molar-refractivity contribution in [3.8, 4) is 0 Å². The molecular formula is C10H14O2. The first-order valence-electron chi connectivity index (χ1n) is 3.68. The third-order valence-electron chi connectivity index (χ3n) is 1.18. The molecule has 0 N–H and O–H groups in total. The van der Waals surface area contributed by atoms with Gasteiger partial charge in [-0.2, -0.15) is 0 Å². The first-order chi connectivity index (χ1) is 5.72. The van der Waals surface area contributed by atoms with Crippen LogP contribution >= 0.6 is 0 Å². The molecule has 0 amide bonds. The minimum Gasteiger partial charge on any atom is -0.388 e. The van der Waals surface area contributed by atoms with Gasteiger partial charge in [0, 0.05) is 19.8 Å². The van der Waals surface area contributed by atoms with Crippen molar-refractivity contribution in [3.05, 3.63) is 35.9 Å². The average Bonchev–Trinajstić information content (AvgIpc) is 2.07. The number of Topliss-reactive ketones (excluding diaryl/α,β-unsaturated/α-hetero) is 1. The summed E-state index contributed by atoms with van der Waals surface area (Å²) in [6, 6.07) is 9.23. The van der Waals surface area contributed by atoms with E-state index in [0.29, 0.717) is 0 Å². The lowest BCUT2D eigenvalue weighted by molar-refractivity contribution is 0.101. The highest BCUT2D eigenvalue weighted by molar-refractivity contribution is 5.93. The minimum atomic E-state index is 0.121. The molecule has 0 aromatic heterocycles. The topological polar surface area (TPSA) is 26.3 Å². The van der Waals surface area contributed by atoms with E-state index in [2.05, 4.69) is 4.74 Å². The van der Waals surface area contributed by atoms with Crippen LogP contribution in [0.5, 0.6) is 0 Å². The van der Waals surface area contributed by atoms with Gasteiger partial charge in [-0.1, -0.05) is 30.3 Å². The fourth-order valence-electron chi connectivity index (χ4n) is 0.673. The van der Waals surface area contributed by atoms with Crippen LogP contribution in [0.3, 0.4) is 0 Å². The van der Waals surface area contributed by atoms with E-state index in [-0.39, 0.29) is 5.78 Å². The molecule has 1 aromatic carbocycles. The molecule has 12 heavy (non-hydrogen) atoms. The molecule has 1 rings (SSSR count). The summed E-state index contributed by atoms with van der Waals surface area (Å²) >= 11 is 0. The second-order valence-corrected chi connectivity index (χ2v) is 2.33. The second kappa shape index (κ2) is 6.55. The summed E-state index contributed by atoms with van der Waals surface area (Å²) in [5, 5.41) is 0. The van der Waals surface area contributed by atoms with Crippen LogP contribution in [0.4, 0.5) is 0 Å². The zero-order valence-electron chi connectivity index (χ0n) is 7.70. The Labute approximate surface area is 73.2 Å². The van der Waals surface area contributed by atoms with Gasteiger partial charge in [-0.05, 0) is 6.92 Å². The maximum absolute atomic E-state index is 10.6. The monoisotopic (exact) mass is 166 g/mol. The molecule has 0 atom stereocenters. The first kappa shape index (κ1) is 10.8. The molecule has 0 aliphatic rings. The van der Waals surface area contributed by atoms with Crippen molar-refractivity contribution in [1.82, 2.24) is 0 Å². The molecule has 0 spiro atoms. The summed E-state index contributed by atoms with van der Waals surface area (Å²) in [6.07, 6.45) is 0. The number of carbonyl (C=O) groups is 1. The number of hydrogen-bond donors (Lipinski definition) is 0. The number of ether oxygens (including phenoxy) is 1. The lowest BCUT2D eigenvalue weighted by Crippen LogP contribution is -1.88. The van der Waals surface area contributed by atoms with Gasteiger partial charge in [-0.15, -0.1) is 0 Å². The Morgan fingerprint density at radius 3 is 1.83 bits per heavy atom. The number of carbonyl (C=O) groups excluding carboxylic acids is 1. The van der Waals surface area contributed by atoms with Gasteiger partial charge in [0.1, 0.15) is 0 Å². The predicted molar refractivity (Wildman–Crippen MR) is 49.4 cm³/mol. The van der Waals surface area contributed by atoms with Gasteiger partial charge in [0.15, 0.2) is 5.78 Å². The van der Waals surface area contributed by atoms with Crippen LogP contribution in [0.15, 0.2) is 30.3 Å². The molecule has 0 unspecified atom stereocenters. The second-order valence-electron chi connectivity index (χ2n) is 2.33. The highest BCUT2D eigenvalue weighted by Gasteiger charge is 1.92. The smallest absolute Gasteiger partial charge is 0.159 e. The van der Waals surface area contributed by atoms with Gasteiger partial charge in [-0.3, -0.25) is 4.79 Å². The van der Waals surface area contributed by atoms with E-state index >= 15 is 0 Å². The Balaban J connectivity index is 0.000000354. The summed E-state index contributed by atoms with van der Waals surface area (Å²) in [7, 11) is 3.25. The molecule has 0 aliphatic carbocycles. The van der Waals surface area contributed by atoms with Crippen molar-refractivity contribution in [2.75, 3.05) is 14.2 Å². The SMILES string of the molecule is CC(=O)c1ccccc1.COC. The molecule has 0 saturated carbocycles. The number of ketones is 1. The minimum absolute atomic E-state index is 0.121. The maximum Gasteiger partial charge on any atom is 0.159 e. The van der Waals surface area contributed by atoms with Crippen molar-refractivity contribution in [1.29, 1.82) is 0 Å². The molecule has 0 heterocycles. The highest BCUT2D eigenvalue weighted by Crippen LogP contribution is 1.97. The van der Waals surface area contributed by atoms with E-state index in [1.807, 2.05) is 30.3 Å². The first-order valence-corrected chi connectivity index (χ1v) is 3.68. The fourth-order valence-corrected chi connectivity index (χ4v) is 0.673. The molecule has 1 aromatic rings. The highest BCUT2D eigenvalue weighted by atomic mass is 16.4. The van der Waals surface area contributed by atoms with Crippen molar-refractivity contribution >= 4 is 5.78 Å². The van der Waals surface area contributed by atoms with Crippen LogP contribution < -0.4 is 0 Å². The number of benzene rings is 1. The van der Waals surface area contributed by atoms with Gasteiger partial charge < -0.3 is 4.74 Å². The van der Waals surface area contributed by atoms with Crippen molar-refractivity contribution in [2.24, 2.45) is 0 Å². The van der Waals surface area contributed by atoms with Gasteiger partial charge in [0.05, 0.1) is 0 Å². The lowest BCUT2D eigenvalue weighted by atomic mass is 10.2. The largest absolute Gasteiger partial charge is 0.388 e. The molecule has 2 nitrogen and oxygen atoms in total. The zero-order valence-corrected chi connectivity index (χ0v) is 7.70. The summed E-state index contributed by atoms with van der Waals surface area (Å²) in [4.78, 5) is 10.6. The number of hydrogen-bond acceptors (Lipinski definition) is 2. The molecule has 0 bridgehead atoms. The lowest BCUT2D eigenvalue weighted by Gasteiger charge is -1.89. The summed E-state index contributed by atoms with van der Waals surface area (Å²) < 4.78 is 4.25. The average molecular weight is 166 g/mol. The Morgan fingerprint density at radius 2 is 1.58 bits per heavy atom. The summed E-state index contributed by atoms with van der Waals surface area (Å²) in [5.74, 6) is 0.121. The van der Waals surface area contributed by atoms with E-state index in [4.69, 9.17) is 0 Å². The van der Waals surface area contributed by atoms with Crippen molar-refractivity contribution < 1.29 is 9.53 Å². The molecular weight excluding hydrogens is 152 g/mol. The molecule has 0 saturated heterocycles. The van der Waals surface area contributed by atoms with Crippen LogP contribution in [0.2, 0.25) is 0 Å². The van der Waals surface area contributed by atoms with Crippen LogP contribution in [-0.2, 0) is 4.74 Å². The van der Waals surface area contributed by atoms with Gasteiger partial charge in [0.25, 0.3) is 0 Å². The normalized spacial score (nSPS) is 8.25. The van der Waals surface area contributed by atoms with Crippen LogP contribution in [-0.4, -0.2) is 20.0 Å². The Morgan fingerprint density at radius 1 is 1.17 bits per heavy atom. The molecule has 66 valence electrons. The van der Waals surface area contributed by atoms with Gasteiger partial charge in [-0.25, -0.2) is 0 Å². The maximum atomic E-state index is 10.6. The van der Waals surface area contributed by atoms with Crippen LogP contribution in [0.25, 0.3) is 0 Å². The molecule has 2 heteroatoms. The third kappa shape index (κ3) is 4.63. The van der Waals surface area contributed by atoms with Crippen molar-refractivity contribution in [3.63, 3.8) is 0 Å². The van der Waals surface area contributed by atoms with Crippen LogP contribution in [0, 0.1) is 0 Å². The Bertz CT molecular complexity index is 217. The van der Waals surface area contributed by atoms with E-state index in [1.165, 1.54) is 0 Å². The number of rotatable bonds is 1. The Kier molecular flexibility index (Phi) is 5.93. The standard InChI is InChI=1S/C8H8O.C2H6O/c1-7(9)8-5-3-2-4-6-8;1-3-2/h2-6H,1H3;1-2H3. The van der Waals surface area contributed by atoms with E-state index in [9.17, 15) is 4.79 Å². The third-order valence-corrected chi connectivity index (χ3v) is 1.18. The predicted octanol–water partition coefficient (Wildman–Crippen LogP) is 2.15. The zero-order chi connectivity index (χ0) is 9.40. The summed E-state index contributed by atoms with van der Waals surface area (Å²) in [6.45, 7) is 1.56. The van der Waals surface area contributed by atoms with Crippen LogP contribution in [0.1, 0.15) is 17.3 Å². The Hall–Kier alpha value is -1.15. The van der Waals surface area contributed by atoms with Crippen molar-refractivity contribution in [2.45, 2.75) is 6.92 Å². The summed E-state index contributed by atoms with van der Waals surface area (Å²) in [5.41, 5.74) is 0.775. The van der Waals surface area contributed by atoms with Gasteiger partial charge in [0.2, 0.25) is 0 Å². The molecule has 0 radical (unpaired) electrons. The molecule has 0 aliphatic heterocycles. The van der Waals surface area contributed by atoms with E-state index in [1.54, 1.807) is 21.1 Å². The quantitative estimate of drug-likeness (QED) is 0.597. The van der Waals surface area contributed by atoms with Gasteiger partial charge >= 0.3 is 0 Å². The number of methoxy groups -OCH3 is 1. The van der Waals surface area contributed by atoms with E-state index in [0.717, 1.165) is 5.56 Å². The van der Waals surface area contributed by atoms with E-state index < -0.39 is 0 Å². The fraction of sp³-hybridized carbons (Fsp3) is 0.300.